The lowest BCUT2D eigenvalue weighted by Crippen LogP contribution is -2.40. The van der Waals surface area contributed by atoms with E-state index in [4.69, 9.17) is 4.74 Å². The number of carboxylic acid groups (broad SMARTS) is 1. The van der Waals surface area contributed by atoms with Crippen LogP contribution in [0, 0.1) is 5.92 Å². The number of aromatic amines is 1. The number of carbonyl (C=O) groups excluding carboxylic acids is 2. The molecule has 1 saturated carbocycles. The van der Waals surface area contributed by atoms with Crippen LogP contribution in [0.5, 0.6) is 5.75 Å². The minimum absolute atomic E-state index is 0.0435. The summed E-state index contributed by atoms with van der Waals surface area (Å²) in [6.07, 6.45) is 7.72. The number of nitrogens with zero attached hydrogens (tertiary/aromatic N) is 1. The maximum atomic E-state index is 14.2. The fourth-order valence-corrected chi connectivity index (χ4v) is 5.78. The molecule has 1 amide bonds. The van der Waals surface area contributed by atoms with E-state index in [1.54, 1.807) is 48.4 Å². The number of aromatic nitrogens is 1. The monoisotopic (exact) mass is 538 g/mol. The Kier molecular flexibility index (Phi) is 8.29. The van der Waals surface area contributed by atoms with Crippen molar-refractivity contribution in [3.05, 3.63) is 95.7 Å². The van der Waals surface area contributed by atoms with E-state index >= 15 is 0 Å². The van der Waals surface area contributed by atoms with Gasteiger partial charge in [-0.2, -0.15) is 0 Å². The second kappa shape index (κ2) is 12.2. The number of rotatable bonds is 10. The first-order chi connectivity index (χ1) is 19.4. The quantitative estimate of drug-likeness (QED) is 0.233. The van der Waals surface area contributed by atoms with Crippen molar-refractivity contribution in [3.63, 3.8) is 0 Å². The minimum Gasteiger partial charge on any atom is -0.497 e. The molecule has 206 valence electrons. The lowest BCUT2D eigenvalue weighted by Gasteiger charge is -2.33. The Labute approximate surface area is 233 Å². The Morgan fingerprint density at radius 1 is 0.950 bits per heavy atom. The largest absolute Gasteiger partial charge is 0.497 e. The van der Waals surface area contributed by atoms with Crippen molar-refractivity contribution in [3.8, 4) is 5.75 Å². The van der Waals surface area contributed by atoms with Crippen molar-refractivity contribution in [1.29, 1.82) is 0 Å². The van der Waals surface area contributed by atoms with Gasteiger partial charge in [0.1, 0.15) is 11.8 Å². The molecular formula is C33H34N2O5. The fraction of sp³-hybridized carbons (Fsp3) is 0.303. The molecule has 1 aliphatic rings. The van der Waals surface area contributed by atoms with E-state index in [0.29, 0.717) is 23.4 Å². The number of Topliss-reactive ketones (excluding diaryl/α,β-unsaturated/α-hetero) is 1. The highest BCUT2D eigenvalue weighted by atomic mass is 16.5. The van der Waals surface area contributed by atoms with E-state index in [1.807, 2.05) is 30.5 Å². The van der Waals surface area contributed by atoms with Gasteiger partial charge in [-0.15, -0.1) is 0 Å². The molecule has 1 fully saturated rings. The van der Waals surface area contributed by atoms with Crippen LogP contribution in [0.3, 0.4) is 0 Å². The van der Waals surface area contributed by atoms with Crippen LogP contribution in [0.4, 0.5) is 5.69 Å². The number of methoxy groups -OCH3 is 1. The first-order valence-electron chi connectivity index (χ1n) is 13.8. The standard InChI is InChI=1S/C33H34N2O5/c1-40-27-17-15-26(16-18-27)35(31(37)20-25-21-34-29-10-6-5-9-28(25)29)32(23-11-13-24(14-12-23)33(38)39)30(36)19-22-7-3-2-4-8-22/h5-6,9-18,21-22,32,34H,2-4,7-8,19-20H2,1H3,(H,38,39). The summed E-state index contributed by atoms with van der Waals surface area (Å²) in [5.74, 6) is -0.386. The third kappa shape index (κ3) is 5.93. The number of benzene rings is 3. The Balaban J connectivity index is 1.57. The molecule has 7 heteroatoms. The molecule has 5 rings (SSSR count). The first-order valence-corrected chi connectivity index (χ1v) is 13.8. The highest BCUT2D eigenvalue weighted by molar-refractivity contribution is 6.04. The average molecular weight is 539 g/mol. The number of para-hydroxylation sites is 1. The number of fused-ring (bicyclic) bond motifs is 1. The van der Waals surface area contributed by atoms with Gasteiger partial charge in [-0.05, 0) is 59.5 Å². The zero-order chi connectivity index (χ0) is 28.1. The minimum atomic E-state index is -1.04. The zero-order valence-electron chi connectivity index (χ0n) is 22.6. The number of carbonyl (C=O) groups is 3. The second-order valence-electron chi connectivity index (χ2n) is 10.5. The molecule has 40 heavy (non-hydrogen) atoms. The fourth-order valence-electron chi connectivity index (χ4n) is 5.78. The molecule has 0 spiro atoms. The molecule has 0 saturated heterocycles. The van der Waals surface area contributed by atoms with E-state index in [2.05, 4.69) is 4.98 Å². The van der Waals surface area contributed by atoms with Gasteiger partial charge in [0.2, 0.25) is 5.91 Å². The predicted molar refractivity (Wildman–Crippen MR) is 155 cm³/mol. The molecule has 1 heterocycles. The number of H-pyrrole nitrogens is 1. The normalized spacial score (nSPS) is 14.5. The lowest BCUT2D eigenvalue weighted by molar-refractivity contribution is -0.125. The second-order valence-corrected chi connectivity index (χ2v) is 10.5. The number of hydrogen-bond acceptors (Lipinski definition) is 4. The van der Waals surface area contributed by atoms with E-state index in [9.17, 15) is 19.5 Å². The third-order valence-corrected chi connectivity index (χ3v) is 7.89. The molecule has 0 aliphatic heterocycles. The number of hydrogen-bond donors (Lipinski definition) is 2. The SMILES string of the molecule is COc1ccc(N(C(=O)Cc2c[nH]c3ccccc23)C(C(=O)CC2CCCCC2)c2ccc(C(=O)O)cc2)cc1. The van der Waals surface area contributed by atoms with Crippen molar-refractivity contribution in [2.45, 2.75) is 51.0 Å². The number of ether oxygens (including phenoxy) is 1. The van der Waals surface area contributed by atoms with Gasteiger partial charge < -0.3 is 14.8 Å². The van der Waals surface area contributed by atoms with Gasteiger partial charge in [-0.1, -0.05) is 62.4 Å². The van der Waals surface area contributed by atoms with Crippen LogP contribution in [-0.2, 0) is 16.0 Å². The number of amides is 1. The molecule has 0 radical (unpaired) electrons. The molecule has 1 atom stereocenters. The molecule has 2 N–H and O–H groups in total. The van der Waals surface area contributed by atoms with Crippen LogP contribution < -0.4 is 9.64 Å². The summed E-state index contributed by atoms with van der Waals surface area (Å²) < 4.78 is 5.34. The van der Waals surface area contributed by atoms with E-state index in [-0.39, 0.29) is 29.6 Å². The van der Waals surface area contributed by atoms with Crippen LogP contribution in [0.1, 0.15) is 66.1 Å². The Morgan fingerprint density at radius 2 is 1.65 bits per heavy atom. The highest BCUT2D eigenvalue weighted by Crippen LogP contribution is 2.35. The van der Waals surface area contributed by atoms with Gasteiger partial charge >= 0.3 is 5.97 Å². The van der Waals surface area contributed by atoms with Gasteiger partial charge in [0, 0.05) is 29.2 Å². The number of ketones is 1. The van der Waals surface area contributed by atoms with Crippen LogP contribution in [-0.4, -0.2) is 34.9 Å². The van der Waals surface area contributed by atoms with Gasteiger partial charge in [-0.3, -0.25) is 14.5 Å². The zero-order valence-corrected chi connectivity index (χ0v) is 22.6. The maximum absolute atomic E-state index is 14.2. The highest BCUT2D eigenvalue weighted by Gasteiger charge is 2.34. The van der Waals surface area contributed by atoms with E-state index in [0.717, 1.165) is 42.1 Å². The van der Waals surface area contributed by atoms with Crippen molar-refractivity contribution in [1.82, 2.24) is 4.98 Å². The van der Waals surface area contributed by atoms with Crippen molar-refractivity contribution in [2.75, 3.05) is 12.0 Å². The summed E-state index contributed by atoms with van der Waals surface area (Å²) in [6, 6.07) is 20.4. The molecule has 1 aromatic heterocycles. The maximum Gasteiger partial charge on any atom is 0.335 e. The van der Waals surface area contributed by atoms with Gasteiger partial charge in [0.15, 0.2) is 5.78 Å². The van der Waals surface area contributed by atoms with E-state index < -0.39 is 12.0 Å². The molecular weight excluding hydrogens is 504 g/mol. The number of nitrogens with one attached hydrogen (secondary N) is 1. The summed E-state index contributed by atoms with van der Waals surface area (Å²) in [5.41, 5.74) is 3.08. The average Bonchev–Trinajstić information content (AvgIpc) is 3.39. The Bertz CT molecular complexity index is 1480. The summed E-state index contributed by atoms with van der Waals surface area (Å²) in [6.45, 7) is 0. The van der Waals surface area contributed by atoms with Crippen LogP contribution in [0.2, 0.25) is 0 Å². The van der Waals surface area contributed by atoms with Crippen LogP contribution in [0.25, 0.3) is 10.9 Å². The molecule has 4 aromatic rings. The first kappa shape index (κ1) is 27.2. The molecule has 1 unspecified atom stereocenters. The predicted octanol–water partition coefficient (Wildman–Crippen LogP) is 6.73. The van der Waals surface area contributed by atoms with Gasteiger partial charge in [0.25, 0.3) is 0 Å². The molecule has 0 bridgehead atoms. The van der Waals surface area contributed by atoms with E-state index in [1.165, 1.54) is 18.6 Å². The molecule has 7 nitrogen and oxygen atoms in total. The smallest absolute Gasteiger partial charge is 0.335 e. The topological polar surface area (TPSA) is 99.7 Å². The van der Waals surface area contributed by atoms with Gasteiger partial charge in [0.05, 0.1) is 19.1 Å². The summed E-state index contributed by atoms with van der Waals surface area (Å²) >= 11 is 0. The van der Waals surface area contributed by atoms with Crippen LogP contribution in [0.15, 0.2) is 79.0 Å². The Hall–Kier alpha value is -4.39. The lowest BCUT2D eigenvalue weighted by atomic mass is 9.83. The Morgan fingerprint density at radius 3 is 2.33 bits per heavy atom. The number of carboxylic acids is 1. The molecule has 1 aliphatic carbocycles. The number of aromatic carboxylic acids is 1. The third-order valence-electron chi connectivity index (χ3n) is 7.89. The van der Waals surface area contributed by atoms with Gasteiger partial charge in [-0.25, -0.2) is 4.79 Å². The van der Waals surface area contributed by atoms with Crippen molar-refractivity contribution < 1.29 is 24.2 Å². The number of anilines is 1. The molecule has 3 aromatic carbocycles. The van der Waals surface area contributed by atoms with Crippen molar-refractivity contribution in [2.24, 2.45) is 5.92 Å². The summed E-state index contributed by atoms with van der Waals surface area (Å²) in [4.78, 5) is 44.7. The van der Waals surface area contributed by atoms with Crippen LogP contribution >= 0.6 is 0 Å². The summed E-state index contributed by atoms with van der Waals surface area (Å²) in [7, 11) is 1.58. The van der Waals surface area contributed by atoms with Crippen molar-refractivity contribution >= 4 is 34.3 Å². The summed E-state index contributed by atoms with van der Waals surface area (Å²) in [5, 5.41) is 10.4.